The molecule has 0 bridgehead atoms. The second-order valence-corrected chi connectivity index (χ2v) is 7.47. The van der Waals surface area contributed by atoms with Crippen molar-refractivity contribution in [2.45, 2.75) is 64.3 Å². The Morgan fingerprint density at radius 2 is 1.96 bits per heavy atom. The lowest BCUT2D eigenvalue weighted by Crippen LogP contribution is -2.37. The molecule has 4 heteroatoms. The van der Waals surface area contributed by atoms with Crippen molar-refractivity contribution in [3.8, 4) is 0 Å². The lowest BCUT2D eigenvalue weighted by Gasteiger charge is -2.29. The predicted molar refractivity (Wildman–Crippen MR) is 94.2 cm³/mol. The van der Waals surface area contributed by atoms with Gasteiger partial charge in [-0.2, -0.15) is 0 Å². The fourth-order valence-electron chi connectivity index (χ4n) is 3.68. The van der Waals surface area contributed by atoms with Crippen LogP contribution in [0.4, 0.5) is 0 Å². The van der Waals surface area contributed by atoms with Crippen molar-refractivity contribution in [1.82, 2.24) is 10.5 Å². The molecular weight excluding hydrogens is 300 g/mol. The quantitative estimate of drug-likeness (QED) is 0.902. The monoisotopic (exact) mass is 326 g/mol. The standard InChI is InChI=1S/C20H26N2O2/c1-14(13-20(2,3)15-9-5-4-6-10-15)21-19(23)18-16-11-7-8-12-17(16)22-24-18/h4-6,9-10,14H,7-8,11-13H2,1-3H3,(H,21,23). The minimum Gasteiger partial charge on any atom is -0.350 e. The Kier molecular flexibility index (Phi) is 4.74. The van der Waals surface area contributed by atoms with Gasteiger partial charge < -0.3 is 9.84 Å². The second-order valence-electron chi connectivity index (χ2n) is 7.47. The van der Waals surface area contributed by atoms with Crippen LogP contribution in [0.5, 0.6) is 0 Å². The lowest BCUT2D eigenvalue weighted by atomic mass is 9.79. The van der Waals surface area contributed by atoms with Crippen LogP contribution in [0, 0.1) is 0 Å². The van der Waals surface area contributed by atoms with E-state index in [9.17, 15) is 4.79 Å². The van der Waals surface area contributed by atoms with Gasteiger partial charge in [-0.15, -0.1) is 0 Å². The van der Waals surface area contributed by atoms with Crippen LogP contribution in [0.1, 0.15) is 67.4 Å². The summed E-state index contributed by atoms with van der Waals surface area (Å²) in [5.41, 5.74) is 3.24. The molecule has 1 atom stereocenters. The Bertz CT molecular complexity index is 704. The fraction of sp³-hybridized carbons (Fsp3) is 0.500. The third-order valence-corrected chi connectivity index (χ3v) is 4.92. The highest BCUT2D eigenvalue weighted by atomic mass is 16.5. The second kappa shape index (κ2) is 6.80. The van der Waals surface area contributed by atoms with Crippen molar-refractivity contribution in [2.24, 2.45) is 0 Å². The van der Waals surface area contributed by atoms with Crippen LogP contribution in [-0.2, 0) is 18.3 Å². The molecule has 128 valence electrons. The number of fused-ring (bicyclic) bond motifs is 1. The minimum absolute atomic E-state index is 0.00516. The molecule has 1 aliphatic carbocycles. The van der Waals surface area contributed by atoms with E-state index >= 15 is 0 Å². The molecule has 3 rings (SSSR count). The summed E-state index contributed by atoms with van der Waals surface area (Å²) in [6.07, 6.45) is 4.90. The maximum atomic E-state index is 12.6. The van der Waals surface area contributed by atoms with E-state index in [0.29, 0.717) is 5.76 Å². The van der Waals surface area contributed by atoms with Crippen molar-refractivity contribution in [2.75, 3.05) is 0 Å². The molecule has 0 spiro atoms. The zero-order valence-corrected chi connectivity index (χ0v) is 14.8. The van der Waals surface area contributed by atoms with Crippen LogP contribution < -0.4 is 5.32 Å². The summed E-state index contributed by atoms with van der Waals surface area (Å²) < 4.78 is 5.33. The van der Waals surface area contributed by atoms with E-state index in [0.717, 1.165) is 43.4 Å². The summed E-state index contributed by atoms with van der Waals surface area (Å²) in [4.78, 5) is 12.6. The molecule has 0 aliphatic heterocycles. The molecule has 1 N–H and O–H groups in total. The van der Waals surface area contributed by atoms with Gasteiger partial charge in [0.15, 0.2) is 0 Å². The van der Waals surface area contributed by atoms with Gasteiger partial charge in [0.2, 0.25) is 5.76 Å². The molecule has 1 aromatic heterocycles. The summed E-state index contributed by atoms with van der Waals surface area (Å²) in [6, 6.07) is 10.5. The number of nitrogens with zero attached hydrogens (tertiary/aromatic N) is 1. The number of carbonyl (C=O) groups is 1. The van der Waals surface area contributed by atoms with Crippen molar-refractivity contribution in [3.63, 3.8) is 0 Å². The predicted octanol–water partition coefficient (Wildman–Crippen LogP) is 4.04. The van der Waals surface area contributed by atoms with Crippen LogP contribution in [0.15, 0.2) is 34.9 Å². The minimum atomic E-state index is -0.137. The first kappa shape index (κ1) is 16.7. The number of aryl methyl sites for hydroxylation is 1. The SMILES string of the molecule is CC(CC(C)(C)c1ccccc1)NC(=O)c1onc2c1CCCC2. The maximum Gasteiger partial charge on any atom is 0.290 e. The Balaban J connectivity index is 1.65. The Hall–Kier alpha value is -2.10. The van der Waals surface area contributed by atoms with E-state index in [-0.39, 0.29) is 17.4 Å². The molecule has 2 aromatic rings. The molecule has 1 heterocycles. The number of nitrogens with one attached hydrogen (secondary N) is 1. The smallest absolute Gasteiger partial charge is 0.290 e. The first-order valence-electron chi connectivity index (χ1n) is 8.81. The number of rotatable bonds is 5. The van der Waals surface area contributed by atoms with Crippen molar-refractivity contribution < 1.29 is 9.32 Å². The van der Waals surface area contributed by atoms with Crippen molar-refractivity contribution in [3.05, 3.63) is 52.9 Å². The average molecular weight is 326 g/mol. The van der Waals surface area contributed by atoms with Gasteiger partial charge in [-0.25, -0.2) is 0 Å². The summed E-state index contributed by atoms with van der Waals surface area (Å²) in [7, 11) is 0. The number of hydrogen-bond donors (Lipinski definition) is 1. The lowest BCUT2D eigenvalue weighted by molar-refractivity contribution is 0.0896. The topological polar surface area (TPSA) is 55.1 Å². The number of benzene rings is 1. The molecule has 0 saturated heterocycles. The average Bonchev–Trinajstić information content (AvgIpc) is 2.99. The zero-order valence-electron chi connectivity index (χ0n) is 14.8. The Labute approximate surface area is 143 Å². The number of hydrogen-bond acceptors (Lipinski definition) is 3. The Morgan fingerprint density at radius 3 is 2.71 bits per heavy atom. The van der Waals surface area contributed by atoms with Crippen LogP contribution >= 0.6 is 0 Å². The van der Waals surface area contributed by atoms with Crippen LogP contribution in [0.3, 0.4) is 0 Å². The Morgan fingerprint density at radius 1 is 1.25 bits per heavy atom. The first-order valence-corrected chi connectivity index (χ1v) is 8.81. The van der Waals surface area contributed by atoms with Crippen LogP contribution in [0.2, 0.25) is 0 Å². The van der Waals surface area contributed by atoms with Gasteiger partial charge in [-0.05, 0) is 50.0 Å². The third-order valence-electron chi connectivity index (χ3n) is 4.92. The largest absolute Gasteiger partial charge is 0.350 e. The summed E-state index contributed by atoms with van der Waals surface area (Å²) in [6.45, 7) is 6.47. The maximum absolute atomic E-state index is 12.6. The molecule has 1 aromatic carbocycles. The summed E-state index contributed by atoms with van der Waals surface area (Å²) in [5, 5.41) is 7.16. The number of amides is 1. The van der Waals surface area contributed by atoms with Gasteiger partial charge in [-0.3, -0.25) is 4.79 Å². The highest BCUT2D eigenvalue weighted by Gasteiger charge is 2.27. The number of aromatic nitrogens is 1. The van der Waals surface area contributed by atoms with E-state index in [2.05, 4.69) is 48.6 Å². The van der Waals surface area contributed by atoms with Gasteiger partial charge in [-0.1, -0.05) is 49.3 Å². The highest BCUT2D eigenvalue weighted by molar-refractivity contribution is 5.93. The normalized spacial score (nSPS) is 15.6. The molecular formula is C20H26N2O2. The summed E-state index contributed by atoms with van der Waals surface area (Å²) in [5.74, 6) is 0.274. The van der Waals surface area contributed by atoms with Crippen LogP contribution in [-0.4, -0.2) is 17.1 Å². The molecule has 1 aliphatic rings. The van der Waals surface area contributed by atoms with Gasteiger partial charge in [0.25, 0.3) is 5.91 Å². The molecule has 24 heavy (non-hydrogen) atoms. The molecule has 0 saturated carbocycles. The third kappa shape index (κ3) is 3.53. The molecule has 4 nitrogen and oxygen atoms in total. The molecule has 0 fully saturated rings. The van der Waals surface area contributed by atoms with E-state index < -0.39 is 0 Å². The van der Waals surface area contributed by atoms with Gasteiger partial charge >= 0.3 is 0 Å². The summed E-state index contributed by atoms with van der Waals surface area (Å²) >= 11 is 0. The number of carbonyl (C=O) groups excluding carboxylic acids is 1. The van der Waals surface area contributed by atoms with Gasteiger partial charge in [0.05, 0.1) is 5.69 Å². The zero-order chi connectivity index (χ0) is 17.2. The van der Waals surface area contributed by atoms with E-state index in [1.54, 1.807) is 0 Å². The molecule has 0 radical (unpaired) electrons. The fourth-order valence-corrected chi connectivity index (χ4v) is 3.68. The highest BCUT2D eigenvalue weighted by Crippen LogP contribution is 2.28. The van der Waals surface area contributed by atoms with E-state index in [1.165, 1.54) is 5.56 Å². The first-order chi connectivity index (χ1) is 11.5. The van der Waals surface area contributed by atoms with E-state index in [1.807, 2.05) is 13.0 Å². The molecule has 1 unspecified atom stereocenters. The van der Waals surface area contributed by atoms with Crippen molar-refractivity contribution in [1.29, 1.82) is 0 Å². The van der Waals surface area contributed by atoms with Crippen LogP contribution in [0.25, 0.3) is 0 Å². The van der Waals surface area contributed by atoms with Gasteiger partial charge in [0.1, 0.15) is 0 Å². The van der Waals surface area contributed by atoms with Crippen molar-refractivity contribution >= 4 is 5.91 Å². The molecule has 1 amide bonds. The van der Waals surface area contributed by atoms with Gasteiger partial charge in [0, 0.05) is 11.6 Å². The van der Waals surface area contributed by atoms with E-state index in [4.69, 9.17) is 4.52 Å².